The average molecular weight is 384 g/mol. The first-order valence-corrected chi connectivity index (χ1v) is 7.59. The Morgan fingerprint density at radius 1 is 1.22 bits per heavy atom. The lowest BCUT2D eigenvalue weighted by Gasteiger charge is -2.17. The third-order valence-corrected chi connectivity index (χ3v) is 3.50. The van der Waals surface area contributed by atoms with Gasteiger partial charge in [0, 0.05) is 6.07 Å². The van der Waals surface area contributed by atoms with Crippen molar-refractivity contribution < 1.29 is 32.4 Å². The summed E-state index contributed by atoms with van der Waals surface area (Å²) in [6, 6.07) is 7.74. The van der Waals surface area contributed by atoms with E-state index in [-0.39, 0.29) is 22.9 Å². The number of benzene rings is 2. The molecule has 1 amide bonds. The molecule has 0 spiro atoms. The fourth-order valence-electron chi connectivity index (χ4n) is 2.13. The van der Waals surface area contributed by atoms with Crippen molar-refractivity contribution in [2.24, 2.45) is 0 Å². The number of carbonyl (C=O) groups excluding carboxylic acids is 1. The monoisotopic (exact) mass is 384 g/mol. The largest absolute Gasteiger partial charge is 0.494 e. The number of hydrogen-bond acceptors (Lipinski definition) is 5. The third kappa shape index (κ3) is 5.09. The summed E-state index contributed by atoms with van der Waals surface area (Å²) in [6.07, 6.45) is -5.66. The number of nitrogens with zero attached hydrogens (tertiary/aromatic N) is 1. The minimum atomic E-state index is -4.53. The zero-order chi connectivity index (χ0) is 20.2. The fraction of sp³-hybridized carbons (Fsp3) is 0.235. The first kappa shape index (κ1) is 20.0. The number of anilines is 1. The Balaban J connectivity index is 2.11. The SMILES string of the molecule is COc1cc([N+](=O)[O-])ccc1NC(=O)[C@H](C)Oc1cccc(C(F)(F)F)c1. The Morgan fingerprint density at radius 2 is 1.93 bits per heavy atom. The van der Waals surface area contributed by atoms with Gasteiger partial charge in [-0.1, -0.05) is 6.07 Å². The second kappa shape index (κ2) is 7.94. The summed E-state index contributed by atoms with van der Waals surface area (Å²) < 4.78 is 48.4. The summed E-state index contributed by atoms with van der Waals surface area (Å²) in [7, 11) is 1.28. The Bertz CT molecular complexity index is 855. The maximum atomic E-state index is 12.7. The predicted molar refractivity (Wildman–Crippen MR) is 89.8 cm³/mol. The predicted octanol–water partition coefficient (Wildman–Crippen LogP) is 4.03. The van der Waals surface area contributed by atoms with Gasteiger partial charge in [-0.05, 0) is 31.2 Å². The van der Waals surface area contributed by atoms with Gasteiger partial charge < -0.3 is 14.8 Å². The smallest absolute Gasteiger partial charge is 0.416 e. The van der Waals surface area contributed by atoms with Crippen LogP contribution in [0.25, 0.3) is 0 Å². The van der Waals surface area contributed by atoms with E-state index in [0.717, 1.165) is 18.2 Å². The maximum absolute atomic E-state index is 12.7. The summed E-state index contributed by atoms with van der Waals surface area (Å²) in [5.74, 6) is -0.730. The van der Waals surface area contributed by atoms with Crippen molar-refractivity contribution in [3.05, 3.63) is 58.1 Å². The number of alkyl halides is 3. The second-order valence-corrected chi connectivity index (χ2v) is 5.42. The molecule has 27 heavy (non-hydrogen) atoms. The molecule has 0 saturated heterocycles. The fourth-order valence-corrected chi connectivity index (χ4v) is 2.13. The Hall–Kier alpha value is -3.30. The second-order valence-electron chi connectivity index (χ2n) is 5.42. The lowest BCUT2D eigenvalue weighted by Crippen LogP contribution is -2.30. The zero-order valence-corrected chi connectivity index (χ0v) is 14.2. The molecule has 2 rings (SSSR count). The number of ether oxygens (including phenoxy) is 2. The molecule has 1 atom stereocenters. The van der Waals surface area contributed by atoms with Crippen LogP contribution in [0.3, 0.4) is 0 Å². The number of amides is 1. The molecule has 0 fully saturated rings. The molecule has 7 nitrogen and oxygen atoms in total. The highest BCUT2D eigenvalue weighted by molar-refractivity contribution is 5.95. The van der Waals surface area contributed by atoms with Gasteiger partial charge in [0.25, 0.3) is 11.6 Å². The number of methoxy groups -OCH3 is 1. The van der Waals surface area contributed by atoms with Crippen molar-refractivity contribution in [1.29, 1.82) is 0 Å². The van der Waals surface area contributed by atoms with E-state index in [1.807, 2.05) is 0 Å². The van der Waals surface area contributed by atoms with Gasteiger partial charge in [-0.15, -0.1) is 0 Å². The topological polar surface area (TPSA) is 90.7 Å². The maximum Gasteiger partial charge on any atom is 0.416 e. The van der Waals surface area contributed by atoms with Crippen LogP contribution in [0, 0.1) is 10.1 Å². The number of rotatable bonds is 6. The van der Waals surface area contributed by atoms with Crippen LogP contribution in [0.5, 0.6) is 11.5 Å². The van der Waals surface area contributed by atoms with Crippen LogP contribution in [0.2, 0.25) is 0 Å². The van der Waals surface area contributed by atoms with E-state index in [1.165, 1.54) is 38.3 Å². The molecule has 2 aromatic carbocycles. The molecule has 2 aromatic rings. The molecule has 0 aliphatic rings. The molecule has 0 aliphatic heterocycles. The van der Waals surface area contributed by atoms with E-state index >= 15 is 0 Å². The summed E-state index contributed by atoms with van der Waals surface area (Å²) in [5.41, 5.74) is -0.963. The van der Waals surface area contributed by atoms with Crippen molar-refractivity contribution in [3.8, 4) is 11.5 Å². The molecule has 144 valence electrons. The molecule has 0 aliphatic carbocycles. The minimum absolute atomic E-state index is 0.0591. The van der Waals surface area contributed by atoms with Gasteiger partial charge in [0.2, 0.25) is 0 Å². The van der Waals surface area contributed by atoms with Gasteiger partial charge in [0.1, 0.15) is 11.5 Å². The summed E-state index contributed by atoms with van der Waals surface area (Å²) in [4.78, 5) is 22.4. The van der Waals surface area contributed by atoms with Crippen LogP contribution in [0.4, 0.5) is 24.5 Å². The highest BCUT2D eigenvalue weighted by atomic mass is 19.4. The number of carbonyl (C=O) groups is 1. The van der Waals surface area contributed by atoms with Crippen molar-refractivity contribution in [2.45, 2.75) is 19.2 Å². The Morgan fingerprint density at radius 3 is 2.52 bits per heavy atom. The van der Waals surface area contributed by atoms with E-state index in [0.29, 0.717) is 0 Å². The molecule has 0 heterocycles. The van der Waals surface area contributed by atoms with Crippen LogP contribution < -0.4 is 14.8 Å². The molecule has 0 radical (unpaired) electrons. The molecule has 0 saturated carbocycles. The summed E-state index contributed by atoms with van der Waals surface area (Å²) >= 11 is 0. The number of non-ortho nitro benzene ring substituents is 1. The van der Waals surface area contributed by atoms with Crippen molar-refractivity contribution in [2.75, 3.05) is 12.4 Å². The van der Waals surface area contributed by atoms with Crippen LogP contribution >= 0.6 is 0 Å². The van der Waals surface area contributed by atoms with Crippen LogP contribution in [-0.2, 0) is 11.0 Å². The highest BCUT2D eigenvalue weighted by Gasteiger charge is 2.31. The molecule has 0 aromatic heterocycles. The number of halogens is 3. The molecule has 10 heteroatoms. The van der Waals surface area contributed by atoms with E-state index in [9.17, 15) is 28.1 Å². The third-order valence-electron chi connectivity index (χ3n) is 3.50. The molecule has 0 unspecified atom stereocenters. The van der Waals surface area contributed by atoms with Gasteiger partial charge >= 0.3 is 6.18 Å². The van der Waals surface area contributed by atoms with E-state index in [4.69, 9.17) is 9.47 Å². The van der Waals surface area contributed by atoms with Crippen molar-refractivity contribution in [1.82, 2.24) is 0 Å². The molecule has 0 bridgehead atoms. The normalized spacial score (nSPS) is 12.2. The number of hydrogen-bond donors (Lipinski definition) is 1. The lowest BCUT2D eigenvalue weighted by atomic mass is 10.2. The van der Waals surface area contributed by atoms with Crippen molar-refractivity contribution >= 4 is 17.3 Å². The van der Waals surface area contributed by atoms with Gasteiger partial charge in [0.15, 0.2) is 6.10 Å². The van der Waals surface area contributed by atoms with Gasteiger partial charge in [0.05, 0.1) is 29.4 Å². The summed E-state index contributed by atoms with van der Waals surface area (Å²) in [6.45, 7) is 1.35. The molecular weight excluding hydrogens is 369 g/mol. The first-order valence-electron chi connectivity index (χ1n) is 7.59. The van der Waals surface area contributed by atoms with E-state index in [2.05, 4.69) is 5.32 Å². The van der Waals surface area contributed by atoms with Crippen LogP contribution in [0.1, 0.15) is 12.5 Å². The number of nitrogens with one attached hydrogen (secondary N) is 1. The quantitative estimate of drug-likeness (QED) is 0.600. The van der Waals surface area contributed by atoms with Gasteiger partial charge in [-0.25, -0.2) is 0 Å². The average Bonchev–Trinajstić information content (AvgIpc) is 2.61. The van der Waals surface area contributed by atoms with Crippen molar-refractivity contribution in [3.63, 3.8) is 0 Å². The van der Waals surface area contributed by atoms with E-state index < -0.39 is 28.7 Å². The zero-order valence-electron chi connectivity index (χ0n) is 14.2. The van der Waals surface area contributed by atoms with Crippen LogP contribution in [-0.4, -0.2) is 24.0 Å². The van der Waals surface area contributed by atoms with Gasteiger partial charge in [-0.3, -0.25) is 14.9 Å². The molecule has 1 N–H and O–H groups in total. The van der Waals surface area contributed by atoms with E-state index in [1.54, 1.807) is 0 Å². The number of nitro benzene ring substituents is 1. The molecular formula is C17H15F3N2O5. The Labute approximate surface area is 151 Å². The summed E-state index contributed by atoms with van der Waals surface area (Å²) in [5, 5.41) is 13.2. The number of nitro groups is 1. The Kier molecular flexibility index (Phi) is 5.88. The first-order chi connectivity index (χ1) is 12.6. The van der Waals surface area contributed by atoms with Crippen LogP contribution in [0.15, 0.2) is 42.5 Å². The minimum Gasteiger partial charge on any atom is -0.494 e. The lowest BCUT2D eigenvalue weighted by molar-refractivity contribution is -0.384. The van der Waals surface area contributed by atoms with Gasteiger partial charge in [-0.2, -0.15) is 13.2 Å². The standard InChI is InChI=1S/C17H15F3N2O5/c1-10(27-13-5-3-4-11(8-13)17(18,19)20)16(23)21-14-7-6-12(22(24)25)9-15(14)26-2/h3-10H,1-2H3,(H,21,23)/t10-/m0/s1. The highest BCUT2D eigenvalue weighted by Crippen LogP contribution is 2.32.